The Morgan fingerprint density at radius 2 is 2.17 bits per heavy atom. The van der Waals surface area contributed by atoms with Gasteiger partial charge in [-0.3, -0.25) is 9.89 Å². The third-order valence-electron chi connectivity index (χ3n) is 4.37. The van der Waals surface area contributed by atoms with Crippen molar-refractivity contribution in [1.82, 2.24) is 15.5 Å². The van der Waals surface area contributed by atoms with Crippen LogP contribution >= 0.6 is 0 Å². The zero-order valence-electron chi connectivity index (χ0n) is 14.5. The van der Waals surface area contributed by atoms with Crippen LogP contribution in [0.4, 0.5) is 5.69 Å². The molecule has 1 saturated heterocycles. The number of H-pyrrole nitrogens is 1. The predicted octanol–water partition coefficient (Wildman–Crippen LogP) is 3.01. The van der Waals surface area contributed by atoms with Gasteiger partial charge in [0.15, 0.2) is 0 Å². The van der Waals surface area contributed by atoms with E-state index in [-0.39, 0.29) is 11.9 Å². The molecule has 128 valence electrons. The molecule has 1 fully saturated rings. The van der Waals surface area contributed by atoms with Crippen molar-refractivity contribution in [1.29, 1.82) is 0 Å². The lowest BCUT2D eigenvalue weighted by atomic mass is 10.0. The molecule has 0 bridgehead atoms. The molecule has 24 heavy (non-hydrogen) atoms. The molecule has 2 aromatic rings. The summed E-state index contributed by atoms with van der Waals surface area (Å²) in [7, 11) is 0. The Morgan fingerprint density at radius 3 is 2.92 bits per heavy atom. The highest BCUT2D eigenvalue weighted by atomic mass is 16.2. The Bertz CT molecular complexity index is 665. The summed E-state index contributed by atoms with van der Waals surface area (Å²) in [4.78, 5) is 14.8. The van der Waals surface area contributed by atoms with Crippen LogP contribution in [0.1, 0.15) is 42.9 Å². The van der Waals surface area contributed by atoms with Gasteiger partial charge < -0.3 is 10.2 Å². The standard InChI is InChI=1S/C19H26N4O/c1-14(2)11-16-12-18(22-21-16)19(24)20-15-7-6-10-23(13-15)17-8-4-3-5-9-17/h3-5,8-9,12,14-15H,6-7,10-11,13H2,1-2H3,(H,20,24)(H,21,22). The molecule has 1 amide bonds. The summed E-state index contributed by atoms with van der Waals surface area (Å²) >= 11 is 0. The second kappa shape index (κ2) is 7.51. The highest BCUT2D eigenvalue weighted by molar-refractivity contribution is 5.92. The fourth-order valence-corrected chi connectivity index (χ4v) is 3.25. The van der Waals surface area contributed by atoms with Gasteiger partial charge in [-0.25, -0.2) is 0 Å². The second-order valence-corrected chi connectivity index (χ2v) is 6.97. The van der Waals surface area contributed by atoms with Crippen LogP contribution in [0.2, 0.25) is 0 Å². The quantitative estimate of drug-likeness (QED) is 0.888. The van der Waals surface area contributed by atoms with E-state index in [1.54, 1.807) is 0 Å². The molecule has 3 rings (SSSR count). The monoisotopic (exact) mass is 326 g/mol. The van der Waals surface area contributed by atoms with Crippen molar-refractivity contribution < 1.29 is 4.79 Å². The lowest BCUT2D eigenvalue weighted by molar-refractivity contribution is 0.0928. The molecule has 5 heteroatoms. The average Bonchev–Trinajstić information content (AvgIpc) is 3.04. The van der Waals surface area contributed by atoms with Gasteiger partial charge >= 0.3 is 0 Å². The molecular formula is C19H26N4O. The minimum Gasteiger partial charge on any atom is -0.369 e. The lowest BCUT2D eigenvalue weighted by Gasteiger charge is -2.34. The van der Waals surface area contributed by atoms with E-state index >= 15 is 0 Å². The van der Waals surface area contributed by atoms with Crippen molar-refractivity contribution >= 4 is 11.6 Å². The number of piperidine rings is 1. The van der Waals surface area contributed by atoms with E-state index in [4.69, 9.17) is 0 Å². The predicted molar refractivity (Wildman–Crippen MR) is 96.3 cm³/mol. The molecule has 1 aliphatic rings. The van der Waals surface area contributed by atoms with Gasteiger partial charge in [-0.05, 0) is 43.4 Å². The highest BCUT2D eigenvalue weighted by Crippen LogP contribution is 2.19. The Morgan fingerprint density at radius 1 is 1.38 bits per heavy atom. The maximum Gasteiger partial charge on any atom is 0.272 e. The van der Waals surface area contributed by atoms with Gasteiger partial charge in [-0.1, -0.05) is 32.0 Å². The number of carbonyl (C=O) groups is 1. The van der Waals surface area contributed by atoms with Gasteiger partial charge in [0.1, 0.15) is 5.69 Å². The van der Waals surface area contributed by atoms with Crippen LogP contribution in [-0.2, 0) is 6.42 Å². The summed E-state index contributed by atoms with van der Waals surface area (Å²) < 4.78 is 0. The Hall–Kier alpha value is -2.30. The minimum absolute atomic E-state index is 0.0823. The molecule has 1 unspecified atom stereocenters. The van der Waals surface area contributed by atoms with Crippen molar-refractivity contribution in [2.24, 2.45) is 5.92 Å². The van der Waals surface area contributed by atoms with Gasteiger partial charge in [0.2, 0.25) is 0 Å². The molecule has 1 aromatic heterocycles. The summed E-state index contributed by atoms with van der Waals surface area (Å²) in [5, 5.41) is 10.3. The SMILES string of the molecule is CC(C)Cc1cc(C(=O)NC2CCCN(c3ccccc3)C2)n[nH]1. The summed E-state index contributed by atoms with van der Waals surface area (Å²) in [5.41, 5.74) is 2.72. The number of hydrogen-bond acceptors (Lipinski definition) is 3. The molecule has 1 aromatic carbocycles. The number of carbonyl (C=O) groups excluding carboxylic acids is 1. The first-order valence-corrected chi connectivity index (χ1v) is 8.77. The molecule has 1 aliphatic heterocycles. The molecule has 1 atom stereocenters. The third-order valence-corrected chi connectivity index (χ3v) is 4.37. The van der Waals surface area contributed by atoms with E-state index in [9.17, 15) is 4.79 Å². The van der Waals surface area contributed by atoms with E-state index in [1.165, 1.54) is 5.69 Å². The highest BCUT2D eigenvalue weighted by Gasteiger charge is 2.23. The van der Waals surface area contributed by atoms with Gasteiger partial charge in [-0.15, -0.1) is 0 Å². The van der Waals surface area contributed by atoms with Gasteiger partial charge in [0.05, 0.1) is 0 Å². The maximum atomic E-state index is 12.4. The third kappa shape index (κ3) is 4.16. The maximum absolute atomic E-state index is 12.4. The van der Waals surface area contributed by atoms with Gasteiger partial charge in [0, 0.05) is 30.5 Å². The molecular weight excluding hydrogens is 300 g/mol. The normalized spacial score (nSPS) is 18.0. The minimum atomic E-state index is -0.0823. The van der Waals surface area contributed by atoms with Crippen LogP contribution in [0.15, 0.2) is 36.4 Å². The van der Waals surface area contributed by atoms with E-state index < -0.39 is 0 Å². The van der Waals surface area contributed by atoms with Crippen molar-refractivity contribution in [2.75, 3.05) is 18.0 Å². The zero-order chi connectivity index (χ0) is 16.9. The molecule has 0 radical (unpaired) electrons. The first kappa shape index (κ1) is 16.6. The number of para-hydroxylation sites is 1. The number of aromatic nitrogens is 2. The summed E-state index contributed by atoms with van der Waals surface area (Å²) in [6.45, 7) is 6.19. The fraction of sp³-hybridized carbons (Fsp3) is 0.474. The molecule has 2 N–H and O–H groups in total. The second-order valence-electron chi connectivity index (χ2n) is 6.97. The van der Waals surface area contributed by atoms with E-state index in [0.29, 0.717) is 11.6 Å². The summed E-state index contributed by atoms with van der Waals surface area (Å²) in [6.07, 6.45) is 3.00. The largest absolute Gasteiger partial charge is 0.369 e. The number of nitrogens with zero attached hydrogens (tertiary/aromatic N) is 2. The first-order chi connectivity index (χ1) is 11.6. The Balaban J connectivity index is 1.59. The number of amides is 1. The van der Waals surface area contributed by atoms with Crippen LogP contribution in [-0.4, -0.2) is 35.2 Å². The average molecular weight is 326 g/mol. The first-order valence-electron chi connectivity index (χ1n) is 8.77. The smallest absolute Gasteiger partial charge is 0.272 e. The molecule has 0 saturated carbocycles. The molecule has 0 spiro atoms. The molecule has 0 aliphatic carbocycles. The Kier molecular flexibility index (Phi) is 5.18. The lowest BCUT2D eigenvalue weighted by Crippen LogP contribution is -2.47. The van der Waals surface area contributed by atoms with Crippen LogP contribution < -0.4 is 10.2 Å². The number of nitrogens with one attached hydrogen (secondary N) is 2. The molecule has 2 heterocycles. The number of aromatic amines is 1. The zero-order valence-corrected chi connectivity index (χ0v) is 14.5. The summed E-state index contributed by atoms with van der Waals surface area (Å²) in [6, 6.07) is 12.4. The van der Waals surface area contributed by atoms with Crippen LogP contribution in [0, 0.1) is 5.92 Å². The fourth-order valence-electron chi connectivity index (χ4n) is 3.25. The van der Waals surface area contributed by atoms with Crippen LogP contribution in [0.5, 0.6) is 0 Å². The van der Waals surface area contributed by atoms with Crippen LogP contribution in [0.25, 0.3) is 0 Å². The van der Waals surface area contributed by atoms with Crippen molar-refractivity contribution in [2.45, 2.75) is 39.2 Å². The van der Waals surface area contributed by atoms with E-state index in [1.807, 2.05) is 12.1 Å². The van der Waals surface area contributed by atoms with E-state index in [0.717, 1.165) is 38.0 Å². The number of benzene rings is 1. The van der Waals surface area contributed by atoms with Crippen molar-refractivity contribution in [3.8, 4) is 0 Å². The number of rotatable bonds is 5. The van der Waals surface area contributed by atoms with Crippen LogP contribution in [0.3, 0.4) is 0 Å². The van der Waals surface area contributed by atoms with Crippen molar-refractivity contribution in [3.63, 3.8) is 0 Å². The van der Waals surface area contributed by atoms with E-state index in [2.05, 4.69) is 58.5 Å². The topological polar surface area (TPSA) is 61.0 Å². The number of hydrogen-bond donors (Lipinski definition) is 2. The van der Waals surface area contributed by atoms with Gasteiger partial charge in [-0.2, -0.15) is 5.10 Å². The van der Waals surface area contributed by atoms with Crippen molar-refractivity contribution in [3.05, 3.63) is 47.8 Å². The Labute approximate surface area is 143 Å². The summed E-state index contributed by atoms with van der Waals surface area (Å²) in [5.74, 6) is 0.459. The van der Waals surface area contributed by atoms with Gasteiger partial charge in [0.25, 0.3) is 5.91 Å². The number of anilines is 1. The molecule has 5 nitrogen and oxygen atoms in total.